The van der Waals surface area contributed by atoms with Crippen LogP contribution in [0.3, 0.4) is 0 Å². The van der Waals surface area contributed by atoms with Crippen LogP contribution in [0.4, 0.5) is 5.69 Å². The maximum Gasteiger partial charge on any atom is 0.261 e. The van der Waals surface area contributed by atoms with Crippen LogP contribution in [0.25, 0.3) is 0 Å². The van der Waals surface area contributed by atoms with Gasteiger partial charge in [0, 0.05) is 19.3 Å². The number of nitrogens with one attached hydrogen (secondary N) is 2. The zero-order chi connectivity index (χ0) is 26.9. The number of hydrogen-bond acceptors (Lipinski definition) is 8. The number of hydrogen-bond donors (Lipinski definition) is 2. The molecule has 1 aliphatic heterocycles. The Labute approximate surface area is 224 Å². The van der Waals surface area contributed by atoms with Crippen LogP contribution in [0.2, 0.25) is 0 Å². The summed E-state index contributed by atoms with van der Waals surface area (Å²) in [6, 6.07) is 10.8. The topological polar surface area (TPSA) is 119 Å². The molecule has 1 saturated heterocycles. The van der Waals surface area contributed by atoms with Crippen molar-refractivity contribution in [3.05, 3.63) is 70.7 Å². The van der Waals surface area contributed by atoms with Gasteiger partial charge in [0.05, 0.1) is 43.6 Å². The van der Waals surface area contributed by atoms with E-state index in [0.717, 1.165) is 12.8 Å². The number of nitrogens with zero attached hydrogens (tertiary/aromatic N) is 2. The average molecular weight is 539 g/mol. The van der Waals surface area contributed by atoms with Crippen molar-refractivity contribution in [2.24, 2.45) is 0 Å². The Morgan fingerprint density at radius 1 is 1.13 bits per heavy atom. The van der Waals surface area contributed by atoms with Crippen LogP contribution in [0.1, 0.15) is 34.1 Å². The number of amides is 3. The van der Waals surface area contributed by atoms with Crippen LogP contribution in [0, 0.1) is 0 Å². The van der Waals surface area contributed by atoms with Gasteiger partial charge in [0.1, 0.15) is 6.04 Å². The van der Waals surface area contributed by atoms with Crippen molar-refractivity contribution in [2.45, 2.75) is 25.0 Å². The summed E-state index contributed by atoms with van der Waals surface area (Å²) in [5.41, 5.74) is 0.893. The molecule has 2 aromatic heterocycles. The van der Waals surface area contributed by atoms with E-state index in [1.807, 2.05) is 0 Å². The first-order chi connectivity index (χ1) is 18.5. The molecule has 1 fully saturated rings. The van der Waals surface area contributed by atoms with Crippen molar-refractivity contribution >= 4 is 34.7 Å². The Kier molecular flexibility index (Phi) is 9.28. The van der Waals surface area contributed by atoms with Crippen LogP contribution in [0.15, 0.2) is 60.2 Å². The highest BCUT2D eigenvalue weighted by molar-refractivity contribution is 7.12. The van der Waals surface area contributed by atoms with E-state index in [1.54, 1.807) is 54.0 Å². The van der Waals surface area contributed by atoms with Gasteiger partial charge in [-0.25, -0.2) is 0 Å². The summed E-state index contributed by atoms with van der Waals surface area (Å²) >= 11 is 1.27. The van der Waals surface area contributed by atoms with Crippen molar-refractivity contribution < 1.29 is 28.6 Å². The molecule has 200 valence electrons. The third-order valence-electron chi connectivity index (χ3n) is 6.10. The number of anilines is 1. The van der Waals surface area contributed by atoms with E-state index >= 15 is 0 Å². The molecular formula is C27H30N4O6S. The molecule has 38 heavy (non-hydrogen) atoms. The van der Waals surface area contributed by atoms with Gasteiger partial charge in [0.25, 0.3) is 5.91 Å². The molecule has 10 nitrogen and oxygen atoms in total. The normalized spacial score (nSPS) is 15.4. The molecule has 0 spiro atoms. The number of benzene rings is 1. The Balaban J connectivity index is 1.68. The SMILES string of the molecule is COc1ccc([C@H](C(=O)NC[C@@H]2CCCO2)N(C(=O)CNC(=O)c2cccs2)c2cccnc2)cc1OC. The molecule has 3 heterocycles. The molecule has 0 aliphatic carbocycles. The van der Waals surface area contributed by atoms with E-state index in [-0.39, 0.29) is 18.6 Å². The number of carbonyl (C=O) groups excluding carboxylic acids is 3. The minimum Gasteiger partial charge on any atom is -0.493 e. The molecule has 0 bridgehead atoms. The highest BCUT2D eigenvalue weighted by Gasteiger charge is 2.34. The summed E-state index contributed by atoms with van der Waals surface area (Å²) in [6.07, 6.45) is 4.77. The number of thiophene rings is 1. The van der Waals surface area contributed by atoms with Gasteiger partial charge >= 0.3 is 0 Å². The summed E-state index contributed by atoms with van der Waals surface area (Å²) in [6.45, 7) is 0.644. The van der Waals surface area contributed by atoms with Gasteiger partial charge in [-0.2, -0.15) is 0 Å². The molecule has 3 amide bonds. The average Bonchev–Trinajstić information content (AvgIpc) is 3.68. The lowest BCUT2D eigenvalue weighted by molar-refractivity contribution is -0.126. The molecule has 2 atom stereocenters. The van der Waals surface area contributed by atoms with Gasteiger partial charge in [0.2, 0.25) is 11.8 Å². The van der Waals surface area contributed by atoms with E-state index in [4.69, 9.17) is 14.2 Å². The number of methoxy groups -OCH3 is 2. The molecule has 0 radical (unpaired) electrons. The smallest absolute Gasteiger partial charge is 0.261 e. The third kappa shape index (κ3) is 6.48. The van der Waals surface area contributed by atoms with Crippen molar-refractivity contribution in [3.8, 4) is 11.5 Å². The first kappa shape index (κ1) is 27.1. The second kappa shape index (κ2) is 13.0. The van der Waals surface area contributed by atoms with E-state index in [2.05, 4.69) is 15.6 Å². The van der Waals surface area contributed by atoms with Gasteiger partial charge in [-0.15, -0.1) is 11.3 Å². The third-order valence-corrected chi connectivity index (χ3v) is 6.96. The quantitative estimate of drug-likeness (QED) is 0.385. The molecule has 1 aromatic carbocycles. The first-order valence-electron chi connectivity index (χ1n) is 12.2. The second-order valence-corrected chi connectivity index (χ2v) is 9.48. The van der Waals surface area contributed by atoms with Crippen molar-refractivity contribution in [2.75, 3.05) is 38.8 Å². The molecule has 11 heteroatoms. The van der Waals surface area contributed by atoms with Gasteiger partial charge in [-0.1, -0.05) is 12.1 Å². The summed E-state index contributed by atoms with van der Waals surface area (Å²) in [4.78, 5) is 46.0. The number of rotatable bonds is 11. The molecule has 2 N–H and O–H groups in total. The number of aromatic nitrogens is 1. The Morgan fingerprint density at radius 3 is 2.63 bits per heavy atom. The zero-order valence-electron chi connectivity index (χ0n) is 21.2. The number of ether oxygens (including phenoxy) is 3. The van der Waals surface area contributed by atoms with Gasteiger partial charge in [-0.05, 0) is 54.1 Å². The van der Waals surface area contributed by atoms with E-state index < -0.39 is 17.9 Å². The minimum atomic E-state index is -1.09. The Hall–Kier alpha value is -3.96. The van der Waals surface area contributed by atoms with Crippen LogP contribution in [-0.2, 0) is 14.3 Å². The Morgan fingerprint density at radius 2 is 1.97 bits per heavy atom. The molecule has 1 aliphatic rings. The maximum absolute atomic E-state index is 13.8. The van der Waals surface area contributed by atoms with Crippen molar-refractivity contribution in [3.63, 3.8) is 0 Å². The second-order valence-electron chi connectivity index (χ2n) is 8.53. The standard InChI is InChI=1S/C27H30N4O6S/c1-35-21-10-9-18(14-22(21)36-2)25(27(34)29-16-20-7-4-12-37-20)31(19-6-3-11-28-15-19)24(32)17-30-26(33)23-8-5-13-38-23/h3,5-6,8-11,13-15,20,25H,4,7,12,16-17H2,1-2H3,(H,29,34)(H,30,33)/t20-,25+/m0/s1. The Bertz CT molecular complexity index is 1230. The lowest BCUT2D eigenvalue weighted by Gasteiger charge is -2.32. The fourth-order valence-corrected chi connectivity index (χ4v) is 4.87. The molecule has 0 unspecified atom stereocenters. The monoisotopic (exact) mass is 538 g/mol. The van der Waals surface area contributed by atoms with Crippen LogP contribution >= 0.6 is 11.3 Å². The summed E-state index contributed by atoms with van der Waals surface area (Å²) in [5, 5.41) is 7.39. The number of pyridine rings is 1. The fourth-order valence-electron chi connectivity index (χ4n) is 4.23. The predicted octanol–water partition coefficient (Wildman–Crippen LogP) is 2.96. The van der Waals surface area contributed by atoms with Crippen molar-refractivity contribution in [1.82, 2.24) is 15.6 Å². The van der Waals surface area contributed by atoms with Crippen LogP contribution in [0.5, 0.6) is 11.5 Å². The highest BCUT2D eigenvalue weighted by atomic mass is 32.1. The highest BCUT2D eigenvalue weighted by Crippen LogP contribution is 2.34. The van der Waals surface area contributed by atoms with E-state index in [9.17, 15) is 14.4 Å². The zero-order valence-corrected chi connectivity index (χ0v) is 22.0. The molecule has 3 aromatic rings. The molecular weight excluding hydrogens is 508 g/mol. The van der Waals surface area contributed by atoms with Gasteiger partial charge < -0.3 is 24.8 Å². The minimum absolute atomic E-state index is 0.0855. The molecule has 0 saturated carbocycles. The maximum atomic E-state index is 13.8. The van der Waals surface area contributed by atoms with E-state index in [0.29, 0.717) is 40.8 Å². The number of carbonyl (C=O) groups is 3. The largest absolute Gasteiger partial charge is 0.493 e. The van der Waals surface area contributed by atoms with Crippen LogP contribution in [-0.4, -0.2) is 62.7 Å². The first-order valence-corrected chi connectivity index (χ1v) is 13.0. The van der Waals surface area contributed by atoms with Gasteiger partial charge in [0.15, 0.2) is 11.5 Å². The lowest BCUT2D eigenvalue weighted by Crippen LogP contribution is -2.48. The van der Waals surface area contributed by atoms with Crippen molar-refractivity contribution in [1.29, 1.82) is 0 Å². The fraction of sp³-hybridized carbons (Fsp3) is 0.333. The van der Waals surface area contributed by atoms with E-state index in [1.165, 1.54) is 36.7 Å². The lowest BCUT2D eigenvalue weighted by atomic mass is 10.0. The summed E-state index contributed by atoms with van der Waals surface area (Å²) < 4.78 is 16.5. The van der Waals surface area contributed by atoms with Crippen LogP contribution < -0.4 is 25.0 Å². The summed E-state index contributed by atoms with van der Waals surface area (Å²) in [5.74, 6) is -0.377. The molecule has 4 rings (SSSR count). The predicted molar refractivity (Wildman–Crippen MR) is 143 cm³/mol. The summed E-state index contributed by atoms with van der Waals surface area (Å²) in [7, 11) is 3.02. The van der Waals surface area contributed by atoms with Gasteiger partial charge in [-0.3, -0.25) is 24.3 Å².